The Balaban J connectivity index is 1.69. The van der Waals surface area contributed by atoms with Gasteiger partial charge in [0.25, 0.3) is 0 Å². The molecule has 0 fully saturated rings. The molecule has 0 spiro atoms. The van der Waals surface area contributed by atoms with Gasteiger partial charge in [-0.2, -0.15) is 0 Å². The fraction of sp³-hybridized carbons (Fsp3) is 0. The minimum absolute atomic E-state index is 0.00114. The lowest BCUT2D eigenvalue weighted by molar-refractivity contribution is 0.434. The molecule has 1 aromatic heterocycles. The number of nitrogens with two attached hydrogens (primary N) is 2. The van der Waals surface area contributed by atoms with E-state index in [0.29, 0.717) is 27.1 Å². The Bertz CT molecular complexity index is 1360. The van der Waals surface area contributed by atoms with Crippen LogP contribution in [0.4, 0.5) is 14.6 Å². The highest BCUT2D eigenvalue weighted by molar-refractivity contribution is 7.98. The zero-order valence-corrected chi connectivity index (χ0v) is 17.8. The van der Waals surface area contributed by atoms with Crippen LogP contribution < -0.4 is 16.2 Å². The van der Waals surface area contributed by atoms with Gasteiger partial charge in [-0.25, -0.2) is 13.2 Å². The molecule has 0 radical (unpaired) electrons. The number of benzene rings is 3. The zero-order valence-electron chi connectivity index (χ0n) is 16.3. The molecule has 6 nitrogen and oxygen atoms in total. The third kappa shape index (κ3) is 4.53. The Morgan fingerprint density at radius 3 is 2.72 bits per heavy atom. The van der Waals surface area contributed by atoms with E-state index in [1.807, 2.05) is 0 Å². The fourth-order valence-electron chi connectivity index (χ4n) is 2.89. The molecule has 0 amide bonds. The molecular formula is C22H15ClF2N4O2S. The van der Waals surface area contributed by atoms with Crippen LogP contribution in [0.5, 0.6) is 11.5 Å². The largest absolute Gasteiger partial charge is 0.454 e. The lowest BCUT2D eigenvalue weighted by Gasteiger charge is -2.13. The number of nitrogen functional groups attached to an aromatic ring is 1. The van der Waals surface area contributed by atoms with Crippen LogP contribution in [-0.2, 0) is 0 Å². The Morgan fingerprint density at radius 1 is 1.06 bits per heavy atom. The highest BCUT2D eigenvalue weighted by atomic mass is 35.5. The minimum atomic E-state index is -0.752. The van der Waals surface area contributed by atoms with Crippen molar-refractivity contribution in [3.05, 3.63) is 77.5 Å². The average Bonchev–Trinajstić information content (AvgIpc) is 3.15. The number of nitrogens with zero attached hydrogens (tertiary/aromatic N) is 2. The number of rotatable bonds is 6. The first-order chi connectivity index (χ1) is 15.5. The number of hydrogen-bond acceptors (Lipinski definition) is 7. The Morgan fingerprint density at radius 2 is 1.91 bits per heavy atom. The van der Waals surface area contributed by atoms with E-state index in [4.69, 9.17) is 32.3 Å². The summed E-state index contributed by atoms with van der Waals surface area (Å²) in [5.41, 5.74) is 12.8. The molecule has 0 aliphatic carbocycles. The molecule has 4 N–H and O–H groups in total. The molecule has 32 heavy (non-hydrogen) atoms. The first-order valence-corrected chi connectivity index (χ1v) is 10.3. The Hall–Kier alpha value is -3.56. The van der Waals surface area contributed by atoms with Crippen LogP contribution in [-0.4, -0.2) is 11.4 Å². The number of ether oxygens (including phenoxy) is 1. The number of anilines is 1. The van der Waals surface area contributed by atoms with Crippen molar-refractivity contribution >= 4 is 46.6 Å². The number of halogens is 3. The van der Waals surface area contributed by atoms with Crippen molar-refractivity contribution < 1.29 is 18.0 Å². The summed E-state index contributed by atoms with van der Waals surface area (Å²) in [5.74, 6) is -1.22. The molecule has 4 rings (SSSR count). The van der Waals surface area contributed by atoms with Gasteiger partial charge in [-0.3, -0.25) is 0 Å². The summed E-state index contributed by atoms with van der Waals surface area (Å²) in [6.45, 7) is 0. The predicted octanol–water partition coefficient (Wildman–Crippen LogP) is 6.35. The van der Waals surface area contributed by atoms with Gasteiger partial charge in [0.1, 0.15) is 11.6 Å². The van der Waals surface area contributed by atoms with Crippen molar-refractivity contribution in [3.8, 4) is 22.6 Å². The summed E-state index contributed by atoms with van der Waals surface area (Å²) in [7, 11) is 0. The fourth-order valence-corrected chi connectivity index (χ4v) is 3.61. The predicted molar refractivity (Wildman–Crippen MR) is 123 cm³/mol. The molecule has 0 saturated carbocycles. The van der Waals surface area contributed by atoms with E-state index in [-0.39, 0.29) is 22.2 Å². The highest BCUT2D eigenvalue weighted by Gasteiger charge is 2.16. The van der Waals surface area contributed by atoms with E-state index in [9.17, 15) is 8.78 Å². The molecule has 0 aliphatic heterocycles. The molecule has 0 bridgehead atoms. The molecular weight excluding hydrogens is 458 g/mol. The van der Waals surface area contributed by atoms with Gasteiger partial charge >= 0.3 is 0 Å². The molecule has 0 atom stereocenters. The van der Waals surface area contributed by atoms with Gasteiger partial charge in [0.2, 0.25) is 0 Å². The second-order valence-electron chi connectivity index (χ2n) is 6.47. The summed E-state index contributed by atoms with van der Waals surface area (Å²) in [6.07, 6.45) is 4.10. The van der Waals surface area contributed by atoms with Gasteiger partial charge in [-0.1, -0.05) is 22.8 Å². The maximum absolute atomic E-state index is 14.7. The third-order valence-corrected chi connectivity index (χ3v) is 5.34. The molecule has 4 aromatic rings. The van der Waals surface area contributed by atoms with E-state index < -0.39 is 11.6 Å². The molecule has 1 heterocycles. The van der Waals surface area contributed by atoms with Crippen molar-refractivity contribution in [1.82, 2.24) is 5.16 Å². The van der Waals surface area contributed by atoms with Crippen LogP contribution in [0.15, 0.2) is 74.6 Å². The normalized spacial score (nSPS) is 11.7. The van der Waals surface area contributed by atoms with Gasteiger partial charge in [0, 0.05) is 34.8 Å². The minimum Gasteiger partial charge on any atom is -0.454 e. The third-order valence-electron chi connectivity index (χ3n) is 4.37. The van der Waals surface area contributed by atoms with Crippen molar-refractivity contribution in [2.24, 2.45) is 10.1 Å². The number of hydrogen-bond donors (Lipinski definition) is 2. The monoisotopic (exact) mass is 472 g/mol. The topological polar surface area (TPSA) is 99.7 Å². The quantitative estimate of drug-likeness (QED) is 0.250. The van der Waals surface area contributed by atoms with E-state index in [1.165, 1.54) is 18.5 Å². The van der Waals surface area contributed by atoms with Crippen molar-refractivity contribution in [3.63, 3.8) is 0 Å². The molecule has 0 aliphatic rings. The molecule has 0 unspecified atom stereocenters. The summed E-state index contributed by atoms with van der Waals surface area (Å²) in [6, 6.07) is 12.0. The van der Waals surface area contributed by atoms with E-state index in [2.05, 4.69) is 9.55 Å². The van der Waals surface area contributed by atoms with Gasteiger partial charge in [0.05, 0.1) is 10.3 Å². The maximum atomic E-state index is 14.7. The van der Waals surface area contributed by atoms with E-state index in [0.717, 1.165) is 24.1 Å². The summed E-state index contributed by atoms with van der Waals surface area (Å²) in [4.78, 5) is 0.00114. The van der Waals surface area contributed by atoms with Crippen LogP contribution in [0.2, 0.25) is 5.02 Å². The lowest BCUT2D eigenvalue weighted by atomic mass is 10.0. The summed E-state index contributed by atoms with van der Waals surface area (Å²) in [5, 5.41) is 4.78. The highest BCUT2D eigenvalue weighted by Crippen LogP contribution is 2.39. The summed E-state index contributed by atoms with van der Waals surface area (Å²) >= 11 is 6.94. The van der Waals surface area contributed by atoms with Gasteiger partial charge in [-0.05, 0) is 54.2 Å². The average molecular weight is 473 g/mol. The standard InChI is InChI=1S/C22H15ClF2N4O2S/c23-13-3-5-18(14(9-13)12-2-4-19-15(8-12)22(27)29-31-19)30-20-10-17(25)21(11-16(20)24)32-28-7-1-6-26/h1-11H,26H2,(H2,27,29). The van der Waals surface area contributed by atoms with Crippen molar-refractivity contribution in [2.45, 2.75) is 4.90 Å². The molecule has 162 valence electrons. The van der Waals surface area contributed by atoms with Crippen LogP contribution in [0.1, 0.15) is 0 Å². The molecule has 10 heteroatoms. The van der Waals surface area contributed by atoms with E-state index >= 15 is 0 Å². The molecule has 3 aromatic carbocycles. The first kappa shape index (κ1) is 21.7. The van der Waals surface area contributed by atoms with Crippen LogP contribution in [0.3, 0.4) is 0 Å². The van der Waals surface area contributed by atoms with Gasteiger partial charge in [0.15, 0.2) is 23.0 Å². The first-order valence-electron chi connectivity index (χ1n) is 9.15. The smallest absolute Gasteiger partial charge is 0.174 e. The number of allylic oxidation sites excluding steroid dienone is 1. The second kappa shape index (κ2) is 9.29. The zero-order chi connectivity index (χ0) is 22.7. The van der Waals surface area contributed by atoms with Crippen LogP contribution in [0, 0.1) is 11.6 Å². The Labute approximate surface area is 190 Å². The van der Waals surface area contributed by atoms with Crippen LogP contribution >= 0.6 is 23.5 Å². The van der Waals surface area contributed by atoms with E-state index in [1.54, 1.807) is 36.4 Å². The Kier molecular flexibility index (Phi) is 6.29. The number of fused-ring (bicyclic) bond motifs is 1. The summed E-state index contributed by atoms with van der Waals surface area (Å²) < 4.78 is 43.9. The SMILES string of the molecule is NC=CC=NSc1cc(F)c(Oc2ccc(Cl)cc2-c2ccc3onc(N)c3c2)cc1F. The number of aromatic nitrogens is 1. The second-order valence-corrected chi connectivity index (χ2v) is 7.73. The van der Waals surface area contributed by atoms with Gasteiger partial charge in [-0.15, -0.1) is 0 Å². The van der Waals surface area contributed by atoms with Gasteiger partial charge < -0.3 is 20.7 Å². The lowest BCUT2D eigenvalue weighted by Crippen LogP contribution is -1.94. The van der Waals surface area contributed by atoms with Crippen molar-refractivity contribution in [2.75, 3.05) is 5.73 Å². The van der Waals surface area contributed by atoms with Crippen molar-refractivity contribution in [1.29, 1.82) is 0 Å². The molecule has 0 saturated heterocycles. The van der Waals surface area contributed by atoms with Crippen LogP contribution in [0.25, 0.3) is 22.1 Å². The maximum Gasteiger partial charge on any atom is 0.174 e.